The molecular formula is C24H24N4O9S. The Hall–Kier alpha value is -4.40. The van der Waals surface area contributed by atoms with E-state index in [9.17, 15) is 34.2 Å². The molecule has 0 aliphatic heterocycles. The van der Waals surface area contributed by atoms with Crippen LogP contribution in [0.2, 0.25) is 0 Å². The molecule has 0 radical (unpaired) electrons. The van der Waals surface area contributed by atoms with E-state index < -0.39 is 67.3 Å². The number of rotatable bonds is 13. The van der Waals surface area contributed by atoms with Crippen LogP contribution in [0.4, 0.5) is 5.69 Å². The summed E-state index contributed by atoms with van der Waals surface area (Å²) >= 11 is 1.47. The van der Waals surface area contributed by atoms with Gasteiger partial charge in [-0.1, -0.05) is 12.1 Å². The summed E-state index contributed by atoms with van der Waals surface area (Å²) in [6.07, 6.45) is -1.18. The van der Waals surface area contributed by atoms with Gasteiger partial charge in [-0.15, -0.1) is 11.3 Å². The lowest BCUT2D eigenvalue weighted by molar-refractivity contribution is -0.155. The van der Waals surface area contributed by atoms with Gasteiger partial charge in [-0.25, -0.2) is 4.98 Å². The number of benzene rings is 2. The van der Waals surface area contributed by atoms with Crippen LogP contribution in [0, 0.1) is 5.92 Å². The first-order chi connectivity index (χ1) is 17.9. The third kappa shape index (κ3) is 6.88. The Morgan fingerprint density at radius 2 is 1.53 bits per heavy atom. The molecule has 0 fully saturated rings. The molecule has 0 saturated heterocycles. The number of carboxylic acid groups (broad SMARTS) is 4. The van der Waals surface area contributed by atoms with Gasteiger partial charge in [-0.3, -0.25) is 28.9 Å². The van der Waals surface area contributed by atoms with Crippen molar-refractivity contribution in [3.63, 3.8) is 0 Å². The van der Waals surface area contributed by atoms with Crippen molar-refractivity contribution >= 4 is 57.0 Å². The van der Waals surface area contributed by atoms with Crippen molar-refractivity contribution in [2.45, 2.75) is 12.0 Å². The fourth-order valence-electron chi connectivity index (χ4n) is 3.82. The molecule has 3 rings (SSSR count). The second-order valence-corrected chi connectivity index (χ2v) is 9.51. The number of fused-ring (bicyclic) bond motifs is 1. The second kappa shape index (κ2) is 11.8. The van der Waals surface area contributed by atoms with Crippen molar-refractivity contribution in [1.82, 2.24) is 9.88 Å². The number of thiazole rings is 1. The summed E-state index contributed by atoms with van der Waals surface area (Å²) in [7, 11) is 0. The maximum atomic E-state index is 13.2. The number of carbonyl (C=O) groups is 5. The maximum Gasteiger partial charge on any atom is 0.325 e. The van der Waals surface area contributed by atoms with E-state index >= 15 is 0 Å². The van der Waals surface area contributed by atoms with Gasteiger partial charge < -0.3 is 31.5 Å². The number of nitrogens with two attached hydrogens (primary N) is 1. The van der Waals surface area contributed by atoms with Crippen LogP contribution < -0.4 is 11.1 Å². The minimum atomic E-state index is -2.67. The number of carbonyl (C=O) groups excluding carboxylic acids is 1. The van der Waals surface area contributed by atoms with Crippen LogP contribution in [0.3, 0.4) is 0 Å². The molecule has 2 aromatic carbocycles. The Bertz CT molecular complexity index is 1330. The lowest BCUT2D eigenvalue weighted by atomic mass is 9.80. The van der Waals surface area contributed by atoms with Gasteiger partial charge in [-0.05, 0) is 36.4 Å². The maximum absolute atomic E-state index is 13.2. The summed E-state index contributed by atoms with van der Waals surface area (Å²) in [6, 6.07) is 14.0. The first-order valence-electron chi connectivity index (χ1n) is 11.1. The summed E-state index contributed by atoms with van der Waals surface area (Å²) in [6.45, 7) is -2.45. The van der Waals surface area contributed by atoms with Crippen molar-refractivity contribution in [3.8, 4) is 10.6 Å². The Labute approximate surface area is 219 Å². The zero-order chi connectivity index (χ0) is 28.0. The van der Waals surface area contributed by atoms with Crippen molar-refractivity contribution in [2.75, 3.05) is 25.0 Å². The van der Waals surface area contributed by atoms with Crippen LogP contribution >= 0.6 is 11.3 Å². The van der Waals surface area contributed by atoms with E-state index in [1.165, 1.54) is 23.5 Å². The minimum Gasteiger partial charge on any atom is -0.481 e. The summed E-state index contributed by atoms with van der Waals surface area (Å²) in [5.41, 5.74) is 5.04. The van der Waals surface area contributed by atoms with Gasteiger partial charge in [0.1, 0.15) is 10.5 Å². The van der Waals surface area contributed by atoms with Crippen molar-refractivity contribution in [1.29, 1.82) is 0 Å². The average Bonchev–Trinajstić information content (AvgIpc) is 3.25. The molecule has 3 aromatic rings. The van der Waals surface area contributed by atoms with Crippen LogP contribution in [0.1, 0.15) is 6.42 Å². The molecule has 38 heavy (non-hydrogen) atoms. The van der Waals surface area contributed by atoms with Gasteiger partial charge in [0, 0.05) is 17.8 Å². The predicted molar refractivity (Wildman–Crippen MR) is 136 cm³/mol. The fourth-order valence-corrected chi connectivity index (χ4v) is 4.80. The molecule has 0 bridgehead atoms. The molecule has 0 saturated carbocycles. The van der Waals surface area contributed by atoms with Crippen molar-refractivity contribution in [2.24, 2.45) is 11.7 Å². The number of aliphatic carboxylic acids is 4. The normalized spacial score (nSPS) is 13.5. The summed E-state index contributed by atoms with van der Waals surface area (Å²) in [4.78, 5) is 64.5. The van der Waals surface area contributed by atoms with Gasteiger partial charge >= 0.3 is 23.9 Å². The average molecular weight is 545 g/mol. The highest BCUT2D eigenvalue weighted by Gasteiger charge is 2.49. The summed E-state index contributed by atoms with van der Waals surface area (Å²) < 4.78 is 0.987. The van der Waals surface area contributed by atoms with E-state index in [0.717, 1.165) is 25.7 Å². The largest absolute Gasteiger partial charge is 0.481 e. The smallest absolute Gasteiger partial charge is 0.325 e. The quantitative estimate of drug-likeness (QED) is 0.179. The lowest BCUT2D eigenvalue weighted by Gasteiger charge is -2.34. The zero-order valence-corrected chi connectivity index (χ0v) is 20.6. The standard InChI is InChI=1S/C24H24N4O9S/c25-24(23(36)37,9-18(29)30)15(10-28(11-19(31)32)12-20(33)34)21(35)26-14-7-5-13(6-8-14)22-27-16-3-1-2-4-17(16)38-22/h1-8,15H,9-12,25H2,(H,26,35)(H,29,30)(H,31,32)(H,33,34)(H,36,37). The molecule has 0 aliphatic carbocycles. The van der Waals surface area contributed by atoms with Gasteiger partial charge in [0.15, 0.2) is 0 Å². The van der Waals surface area contributed by atoms with E-state index in [1.54, 1.807) is 12.1 Å². The number of hydrogen-bond donors (Lipinski definition) is 6. The highest BCUT2D eigenvalue weighted by atomic mass is 32.1. The molecule has 13 nitrogen and oxygen atoms in total. The highest BCUT2D eigenvalue weighted by molar-refractivity contribution is 7.21. The van der Waals surface area contributed by atoms with Crippen LogP contribution in [-0.4, -0.2) is 85.3 Å². The van der Waals surface area contributed by atoms with E-state index in [1.807, 2.05) is 24.3 Å². The molecule has 14 heteroatoms. The number of carboxylic acids is 4. The zero-order valence-electron chi connectivity index (χ0n) is 19.7. The Kier molecular flexibility index (Phi) is 8.72. The Morgan fingerprint density at radius 3 is 2.05 bits per heavy atom. The number of nitrogens with one attached hydrogen (secondary N) is 1. The third-order valence-corrected chi connectivity index (χ3v) is 6.72. The van der Waals surface area contributed by atoms with Crippen LogP contribution in [0.15, 0.2) is 48.5 Å². The number of anilines is 1. The first kappa shape index (κ1) is 28.2. The highest BCUT2D eigenvalue weighted by Crippen LogP contribution is 2.31. The molecule has 1 heterocycles. The first-order valence-corrected chi connectivity index (χ1v) is 11.9. The Balaban J connectivity index is 1.89. The van der Waals surface area contributed by atoms with Crippen molar-refractivity contribution in [3.05, 3.63) is 48.5 Å². The molecule has 2 atom stereocenters. The molecular weight excluding hydrogens is 520 g/mol. The number of hydrogen-bond acceptors (Lipinski definition) is 9. The number of para-hydroxylation sites is 1. The summed E-state index contributed by atoms with van der Waals surface area (Å²) in [5, 5.41) is 40.5. The monoisotopic (exact) mass is 544 g/mol. The van der Waals surface area contributed by atoms with E-state index in [2.05, 4.69) is 10.3 Å². The molecule has 200 valence electrons. The fraction of sp³-hybridized carbons (Fsp3) is 0.250. The van der Waals surface area contributed by atoms with Gasteiger partial charge in [-0.2, -0.15) is 0 Å². The van der Waals surface area contributed by atoms with Gasteiger partial charge in [0.25, 0.3) is 0 Å². The van der Waals surface area contributed by atoms with E-state index in [0.29, 0.717) is 0 Å². The molecule has 1 amide bonds. The molecule has 0 aliphatic rings. The number of aromatic nitrogens is 1. The third-order valence-electron chi connectivity index (χ3n) is 5.63. The topological polar surface area (TPSA) is 220 Å². The van der Waals surface area contributed by atoms with E-state index in [-0.39, 0.29) is 5.69 Å². The van der Waals surface area contributed by atoms with Crippen LogP contribution in [0.5, 0.6) is 0 Å². The predicted octanol–water partition coefficient (Wildman–Crippen LogP) is 1.25. The molecule has 0 spiro atoms. The molecule has 2 unspecified atom stereocenters. The molecule has 1 aromatic heterocycles. The second-order valence-electron chi connectivity index (χ2n) is 8.48. The van der Waals surface area contributed by atoms with E-state index in [4.69, 9.17) is 15.9 Å². The number of amides is 1. The Morgan fingerprint density at radius 1 is 0.921 bits per heavy atom. The van der Waals surface area contributed by atoms with Gasteiger partial charge in [0.2, 0.25) is 5.91 Å². The SMILES string of the molecule is NC(CC(=O)O)(C(=O)O)C(CN(CC(=O)O)CC(=O)O)C(=O)Nc1ccc(-c2nc3ccccc3s2)cc1. The summed E-state index contributed by atoms with van der Waals surface area (Å²) in [5.74, 6) is -9.17. The van der Waals surface area contributed by atoms with Crippen LogP contribution in [0.25, 0.3) is 20.8 Å². The minimum absolute atomic E-state index is 0.218. The molecule has 7 N–H and O–H groups in total. The van der Waals surface area contributed by atoms with Crippen molar-refractivity contribution < 1.29 is 44.4 Å². The lowest BCUT2D eigenvalue weighted by Crippen LogP contribution is -2.62. The van der Waals surface area contributed by atoms with Gasteiger partial charge in [0.05, 0.1) is 35.6 Å². The number of nitrogens with zero attached hydrogens (tertiary/aromatic N) is 2. The van der Waals surface area contributed by atoms with Crippen LogP contribution in [-0.2, 0) is 24.0 Å².